The van der Waals surface area contributed by atoms with E-state index in [1.807, 2.05) is 31.3 Å². The average molecular weight is 295 g/mol. The molecule has 0 unspecified atom stereocenters. The zero-order valence-corrected chi connectivity index (χ0v) is 12.5. The molecule has 2 aromatic rings. The molecular weight excluding hydrogens is 278 g/mol. The summed E-state index contributed by atoms with van der Waals surface area (Å²) in [6.45, 7) is 4.52. The Morgan fingerprint density at radius 1 is 1.27 bits per heavy atom. The molecule has 5 nitrogen and oxygen atoms in total. The standard InChI is InChI=1S/C17H17N3O2/c1-3-18-8-10-20(17(18)22)11-9-19-7-6-15-13(2)14(12-21)4-5-16(15)19/h1,4-7,12H,8-11H2,2H3. The van der Waals surface area contributed by atoms with Crippen molar-refractivity contribution in [3.63, 3.8) is 0 Å². The summed E-state index contributed by atoms with van der Waals surface area (Å²) < 4.78 is 2.10. The van der Waals surface area contributed by atoms with Crippen molar-refractivity contribution in [2.45, 2.75) is 13.5 Å². The predicted molar refractivity (Wildman–Crippen MR) is 84.6 cm³/mol. The van der Waals surface area contributed by atoms with E-state index in [1.165, 1.54) is 4.90 Å². The molecule has 22 heavy (non-hydrogen) atoms. The number of aromatic nitrogens is 1. The van der Waals surface area contributed by atoms with Crippen molar-refractivity contribution in [2.75, 3.05) is 19.6 Å². The number of terminal acetylenes is 1. The number of hydrogen-bond donors (Lipinski definition) is 0. The molecular formula is C17H17N3O2. The Morgan fingerprint density at radius 3 is 2.77 bits per heavy atom. The molecule has 0 radical (unpaired) electrons. The smallest absolute Gasteiger partial charge is 0.331 e. The van der Waals surface area contributed by atoms with Crippen LogP contribution in [0.2, 0.25) is 0 Å². The summed E-state index contributed by atoms with van der Waals surface area (Å²) in [4.78, 5) is 26.1. The summed E-state index contributed by atoms with van der Waals surface area (Å²) in [5, 5.41) is 1.07. The van der Waals surface area contributed by atoms with Gasteiger partial charge >= 0.3 is 6.03 Å². The minimum Gasteiger partial charge on any atom is -0.346 e. The Labute approximate surface area is 129 Å². The first-order chi connectivity index (χ1) is 10.7. The molecule has 2 heterocycles. The highest BCUT2D eigenvalue weighted by Gasteiger charge is 2.26. The molecule has 0 spiro atoms. The molecule has 0 atom stereocenters. The Bertz CT molecular complexity index is 785. The lowest BCUT2D eigenvalue weighted by atomic mass is 10.1. The van der Waals surface area contributed by atoms with Gasteiger partial charge in [0, 0.05) is 48.3 Å². The fourth-order valence-corrected chi connectivity index (χ4v) is 2.90. The van der Waals surface area contributed by atoms with Gasteiger partial charge in [-0.25, -0.2) is 4.79 Å². The van der Waals surface area contributed by atoms with Crippen molar-refractivity contribution in [3.05, 3.63) is 35.5 Å². The number of aryl methyl sites for hydroxylation is 1. The molecule has 0 aliphatic carbocycles. The number of carbonyl (C=O) groups is 2. The van der Waals surface area contributed by atoms with Crippen LogP contribution in [0, 0.1) is 19.4 Å². The van der Waals surface area contributed by atoms with Gasteiger partial charge in [0.2, 0.25) is 0 Å². The number of benzene rings is 1. The minimum atomic E-state index is -0.0987. The van der Waals surface area contributed by atoms with Gasteiger partial charge in [0.1, 0.15) is 6.29 Å². The van der Waals surface area contributed by atoms with Crippen molar-refractivity contribution in [1.82, 2.24) is 14.4 Å². The maximum Gasteiger partial charge on any atom is 0.331 e. The lowest BCUT2D eigenvalue weighted by Gasteiger charge is -2.16. The molecule has 0 saturated carbocycles. The van der Waals surface area contributed by atoms with Crippen LogP contribution in [-0.4, -0.2) is 46.3 Å². The Kier molecular flexibility index (Phi) is 3.60. The fraction of sp³-hybridized carbons (Fsp3) is 0.294. The minimum absolute atomic E-state index is 0.0987. The molecule has 0 N–H and O–H groups in total. The second-order valence-electron chi connectivity index (χ2n) is 5.39. The van der Waals surface area contributed by atoms with Gasteiger partial charge in [0.15, 0.2) is 0 Å². The zero-order valence-electron chi connectivity index (χ0n) is 12.5. The first kappa shape index (κ1) is 14.2. The molecule has 0 bridgehead atoms. The molecule has 1 saturated heterocycles. The van der Waals surface area contributed by atoms with Crippen molar-refractivity contribution < 1.29 is 9.59 Å². The van der Waals surface area contributed by atoms with Crippen LogP contribution < -0.4 is 0 Å². The maximum absolute atomic E-state index is 12.0. The highest BCUT2D eigenvalue weighted by molar-refractivity contribution is 5.91. The van der Waals surface area contributed by atoms with Crippen LogP contribution in [0.4, 0.5) is 4.79 Å². The van der Waals surface area contributed by atoms with Gasteiger partial charge in [0.05, 0.1) is 6.54 Å². The topological polar surface area (TPSA) is 45.5 Å². The van der Waals surface area contributed by atoms with Crippen molar-refractivity contribution in [2.24, 2.45) is 0 Å². The summed E-state index contributed by atoms with van der Waals surface area (Å²) in [6.07, 6.45) is 8.16. The number of urea groups is 1. The number of fused-ring (bicyclic) bond motifs is 1. The van der Waals surface area contributed by atoms with Gasteiger partial charge in [-0.2, -0.15) is 0 Å². The van der Waals surface area contributed by atoms with E-state index in [0.29, 0.717) is 31.7 Å². The lowest BCUT2D eigenvalue weighted by molar-refractivity contribution is 0.112. The monoisotopic (exact) mass is 295 g/mol. The second kappa shape index (κ2) is 5.57. The molecule has 112 valence electrons. The average Bonchev–Trinajstić information content (AvgIpc) is 3.10. The van der Waals surface area contributed by atoms with E-state index in [9.17, 15) is 9.59 Å². The third-order valence-electron chi connectivity index (χ3n) is 4.25. The van der Waals surface area contributed by atoms with Gasteiger partial charge in [0.25, 0.3) is 0 Å². The van der Waals surface area contributed by atoms with E-state index in [2.05, 4.69) is 10.6 Å². The Balaban J connectivity index is 1.78. The summed E-state index contributed by atoms with van der Waals surface area (Å²) in [7, 11) is 0. The summed E-state index contributed by atoms with van der Waals surface area (Å²) >= 11 is 0. The number of rotatable bonds is 4. The maximum atomic E-state index is 12.0. The van der Waals surface area contributed by atoms with E-state index in [4.69, 9.17) is 6.42 Å². The third-order valence-corrected chi connectivity index (χ3v) is 4.25. The Morgan fingerprint density at radius 2 is 2.09 bits per heavy atom. The SMILES string of the molecule is C#CN1CCN(CCn2ccc3c(C)c(C=O)ccc32)C1=O. The van der Waals surface area contributed by atoms with E-state index in [-0.39, 0.29) is 6.03 Å². The van der Waals surface area contributed by atoms with Crippen LogP contribution >= 0.6 is 0 Å². The quantitative estimate of drug-likeness (QED) is 0.640. The molecule has 2 amide bonds. The van der Waals surface area contributed by atoms with Gasteiger partial charge in [-0.1, -0.05) is 6.42 Å². The third kappa shape index (κ3) is 2.23. The van der Waals surface area contributed by atoms with Crippen LogP contribution in [0.5, 0.6) is 0 Å². The number of nitrogens with zero attached hydrogens (tertiary/aromatic N) is 3. The van der Waals surface area contributed by atoms with Crippen molar-refractivity contribution in [3.8, 4) is 12.5 Å². The van der Waals surface area contributed by atoms with Crippen molar-refractivity contribution in [1.29, 1.82) is 0 Å². The first-order valence-electron chi connectivity index (χ1n) is 7.22. The molecule has 1 aromatic heterocycles. The number of amides is 2. The molecule has 1 aliphatic heterocycles. The van der Waals surface area contributed by atoms with Crippen molar-refractivity contribution >= 4 is 23.2 Å². The predicted octanol–water partition coefficient (Wildman–Crippen LogP) is 2.09. The van der Waals surface area contributed by atoms with Crippen LogP contribution in [0.3, 0.4) is 0 Å². The normalized spacial score (nSPS) is 14.6. The van der Waals surface area contributed by atoms with Gasteiger partial charge < -0.3 is 9.47 Å². The molecule has 3 rings (SSSR count). The summed E-state index contributed by atoms with van der Waals surface area (Å²) in [5.41, 5.74) is 2.77. The summed E-state index contributed by atoms with van der Waals surface area (Å²) in [5.74, 6) is 0. The highest BCUT2D eigenvalue weighted by Crippen LogP contribution is 2.22. The van der Waals surface area contributed by atoms with Crippen LogP contribution in [-0.2, 0) is 6.54 Å². The highest BCUT2D eigenvalue weighted by atomic mass is 16.2. The largest absolute Gasteiger partial charge is 0.346 e. The second-order valence-corrected chi connectivity index (χ2v) is 5.39. The van der Waals surface area contributed by atoms with Gasteiger partial charge in [-0.15, -0.1) is 0 Å². The van der Waals surface area contributed by atoms with Gasteiger partial charge in [-0.3, -0.25) is 9.69 Å². The lowest BCUT2D eigenvalue weighted by Crippen LogP contribution is -2.31. The van der Waals surface area contributed by atoms with E-state index in [1.54, 1.807) is 4.90 Å². The zero-order chi connectivity index (χ0) is 15.7. The van der Waals surface area contributed by atoms with E-state index >= 15 is 0 Å². The van der Waals surface area contributed by atoms with Crippen LogP contribution in [0.15, 0.2) is 24.4 Å². The number of aldehydes is 1. The fourth-order valence-electron chi connectivity index (χ4n) is 2.90. The molecule has 5 heteroatoms. The van der Waals surface area contributed by atoms with Gasteiger partial charge in [-0.05, 0) is 30.7 Å². The van der Waals surface area contributed by atoms with E-state index < -0.39 is 0 Å². The first-order valence-corrected chi connectivity index (χ1v) is 7.22. The molecule has 1 aliphatic rings. The van der Waals surface area contributed by atoms with Crippen LogP contribution in [0.25, 0.3) is 10.9 Å². The molecule has 1 fully saturated rings. The Hall–Kier alpha value is -2.74. The van der Waals surface area contributed by atoms with Crippen LogP contribution in [0.1, 0.15) is 15.9 Å². The number of carbonyl (C=O) groups excluding carboxylic acids is 2. The number of hydrogen-bond acceptors (Lipinski definition) is 2. The summed E-state index contributed by atoms with van der Waals surface area (Å²) in [6, 6.07) is 8.09. The van der Waals surface area contributed by atoms with E-state index in [0.717, 1.165) is 22.8 Å². The molecule has 1 aromatic carbocycles.